The minimum atomic E-state index is -0.507. The molecule has 2 N–H and O–H groups in total. The number of aromatic nitrogens is 3. The van der Waals surface area contributed by atoms with E-state index < -0.39 is 5.82 Å². The lowest BCUT2D eigenvalue weighted by molar-refractivity contribution is -0.117. The van der Waals surface area contributed by atoms with E-state index in [1.165, 1.54) is 12.1 Å². The summed E-state index contributed by atoms with van der Waals surface area (Å²) in [5.74, 6) is -0.927. The van der Waals surface area contributed by atoms with Crippen molar-refractivity contribution >= 4 is 39.7 Å². The Kier molecular flexibility index (Phi) is 4.84. The Morgan fingerprint density at radius 1 is 1.22 bits per heavy atom. The van der Waals surface area contributed by atoms with E-state index >= 15 is 0 Å². The number of hydrogen-bond donors (Lipinski definition) is 2. The van der Waals surface area contributed by atoms with Crippen LogP contribution in [0.3, 0.4) is 0 Å². The van der Waals surface area contributed by atoms with Crippen LogP contribution < -0.4 is 10.6 Å². The van der Waals surface area contributed by atoms with Gasteiger partial charge in [-0.2, -0.15) is 5.10 Å². The summed E-state index contributed by atoms with van der Waals surface area (Å²) in [5.41, 5.74) is 5.72. The third kappa shape index (κ3) is 3.47. The number of hydrogen-bond acceptors (Lipinski definition) is 4. The molecule has 0 saturated heterocycles. The van der Waals surface area contributed by atoms with Crippen LogP contribution in [0.4, 0.5) is 15.8 Å². The van der Waals surface area contributed by atoms with Crippen LogP contribution in [0.5, 0.6) is 0 Å². The van der Waals surface area contributed by atoms with E-state index in [4.69, 9.17) is 4.98 Å². The van der Waals surface area contributed by atoms with Crippen molar-refractivity contribution in [3.63, 3.8) is 0 Å². The summed E-state index contributed by atoms with van der Waals surface area (Å²) in [4.78, 5) is 28.9. The van der Waals surface area contributed by atoms with Crippen LogP contribution in [-0.2, 0) is 22.4 Å². The predicted octanol–water partition coefficient (Wildman–Crippen LogP) is 4.09. The summed E-state index contributed by atoms with van der Waals surface area (Å²) in [6.45, 7) is 3.89. The van der Waals surface area contributed by atoms with Gasteiger partial charge in [-0.15, -0.1) is 0 Å². The van der Waals surface area contributed by atoms with Crippen LogP contribution in [0.1, 0.15) is 35.4 Å². The van der Waals surface area contributed by atoms with Gasteiger partial charge in [0, 0.05) is 35.3 Å². The van der Waals surface area contributed by atoms with Gasteiger partial charge in [-0.3, -0.25) is 9.59 Å². The molecule has 0 saturated carbocycles. The molecule has 0 atom stereocenters. The highest BCUT2D eigenvalue weighted by Crippen LogP contribution is 2.29. The molecule has 4 aromatic rings. The van der Waals surface area contributed by atoms with E-state index in [1.807, 2.05) is 42.6 Å². The number of halogens is 1. The standard InChI is InChI=1S/C24H22FN5O2/c1-13-16(14(2)30-24(26-13)17-5-3-4-6-19(17)29-30)8-10-23(32)28-21-12-20-15(11-18(21)25)7-9-22(31)27-20/h3-6,11-12H,7-10H2,1-2H3,(H,27,31)(H,28,32). The molecule has 2 aromatic heterocycles. The summed E-state index contributed by atoms with van der Waals surface area (Å²) in [6.07, 6.45) is 1.44. The van der Waals surface area contributed by atoms with Gasteiger partial charge in [0.15, 0.2) is 5.65 Å². The van der Waals surface area contributed by atoms with Crippen molar-refractivity contribution in [3.8, 4) is 0 Å². The van der Waals surface area contributed by atoms with Crippen molar-refractivity contribution in [1.82, 2.24) is 14.6 Å². The van der Waals surface area contributed by atoms with E-state index in [0.717, 1.165) is 39.1 Å². The van der Waals surface area contributed by atoms with E-state index in [1.54, 1.807) is 0 Å². The maximum atomic E-state index is 14.5. The van der Waals surface area contributed by atoms with Gasteiger partial charge in [0.05, 0.1) is 11.2 Å². The highest BCUT2D eigenvalue weighted by atomic mass is 19.1. The van der Waals surface area contributed by atoms with Gasteiger partial charge in [-0.05, 0) is 62.1 Å². The topological polar surface area (TPSA) is 88.4 Å². The first-order chi connectivity index (χ1) is 15.4. The lowest BCUT2D eigenvalue weighted by Gasteiger charge is -2.18. The van der Waals surface area contributed by atoms with E-state index in [9.17, 15) is 14.0 Å². The lowest BCUT2D eigenvalue weighted by atomic mass is 10.0. The smallest absolute Gasteiger partial charge is 0.224 e. The Morgan fingerprint density at radius 2 is 2.03 bits per heavy atom. The Hall–Kier alpha value is -3.81. The molecule has 162 valence electrons. The van der Waals surface area contributed by atoms with Crippen molar-refractivity contribution in [1.29, 1.82) is 0 Å². The van der Waals surface area contributed by atoms with Crippen LogP contribution in [0.25, 0.3) is 16.6 Å². The highest BCUT2D eigenvalue weighted by molar-refractivity contribution is 5.96. The number of rotatable bonds is 4. The van der Waals surface area contributed by atoms with Crippen LogP contribution in [0.2, 0.25) is 0 Å². The van der Waals surface area contributed by atoms with Crippen molar-refractivity contribution in [3.05, 3.63) is 64.7 Å². The molecule has 0 spiro atoms. The number of anilines is 2. The summed E-state index contributed by atoms with van der Waals surface area (Å²) >= 11 is 0. The van der Waals surface area contributed by atoms with Crippen LogP contribution in [0.15, 0.2) is 36.4 Å². The van der Waals surface area contributed by atoms with Gasteiger partial charge in [-0.1, -0.05) is 12.1 Å². The zero-order chi connectivity index (χ0) is 22.4. The number of nitrogens with zero attached hydrogens (tertiary/aromatic N) is 3. The highest BCUT2D eigenvalue weighted by Gasteiger charge is 2.19. The zero-order valence-electron chi connectivity index (χ0n) is 17.8. The molecule has 3 heterocycles. The van der Waals surface area contributed by atoms with Crippen molar-refractivity contribution in [2.75, 3.05) is 10.6 Å². The number of benzene rings is 2. The molecule has 0 unspecified atom stereocenters. The molecule has 32 heavy (non-hydrogen) atoms. The van der Waals surface area contributed by atoms with Gasteiger partial charge in [0.2, 0.25) is 11.8 Å². The molecule has 1 aliphatic rings. The fourth-order valence-corrected chi connectivity index (χ4v) is 4.28. The second-order valence-corrected chi connectivity index (χ2v) is 8.10. The summed E-state index contributed by atoms with van der Waals surface area (Å²) in [6, 6.07) is 10.7. The van der Waals surface area contributed by atoms with Crippen LogP contribution in [0, 0.1) is 19.7 Å². The second-order valence-electron chi connectivity index (χ2n) is 8.10. The first-order valence-electron chi connectivity index (χ1n) is 10.6. The molecular weight excluding hydrogens is 409 g/mol. The molecule has 0 aliphatic carbocycles. The molecule has 7 nitrogen and oxygen atoms in total. The first kappa shape index (κ1) is 20.1. The average molecular weight is 431 g/mol. The Morgan fingerprint density at radius 3 is 2.88 bits per heavy atom. The third-order valence-corrected chi connectivity index (χ3v) is 5.98. The van der Waals surface area contributed by atoms with Gasteiger partial charge in [0.25, 0.3) is 0 Å². The largest absolute Gasteiger partial charge is 0.326 e. The number of aryl methyl sites for hydroxylation is 3. The first-order valence-corrected chi connectivity index (χ1v) is 10.6. The Bertz CT molecular complexity index is 1410. The molecule has 2 amide bonds. The number of carbonyl (C=O) groups is 2. The van der Waals surface area contributed by atoms with Gasteiger partial charge in [0.1, 0.15) is 5.82 Å². The van der Waals surface area contributed by atoms with Gasteiger partial charge < -0.3 is 10.6 Å². The molecule has 5 rings (SSSR count). The minimum Gasteiger partial charge on any atom is -0.326 e. The number of carbonyl (C=O) groups excluding carboxylic acids is 2. The third-order valence-electron chi connectivity index (χ3n) is 5.98. The second kappa shape index (κ2) is 7.71. The van der Waals surface area contributed by atoms with E-state index in [-0.39, 0.29) is 23.9 Å². The molecule has 0 radical (unpaired) electrons. The maximum Gasteiger partial charge on any atom is 0.224 e. The van der Waals surface area contributed by atoms with Gasteiger partial charge in [-0.25, -0.2) is 13.9 Å². The van der Waals surface area contributed by atoms with Crippen molar-refractivity contribution in [2.45, 2.75) is 39.5 Å². The van der Waals surface area contributed by atoms with Gasteiger partial charge >= 0.3 is 0 Å². The molecule has 0 bridgehead atoms. The summed E-state index contributed by atoms with van der Waals surface area (Å²) < 4.78 is 16.3. The number of fused-ring (bicyclic) bond motifs is 4. The normalized spacial score (nSPS) is 13.3. The van der Waals surface area contributed by atoms with Crippen molar-refractivity contribution < 1.29 is 14.0 Å². The van der Waals surface area contributed by atoms with E-state index in [0.29, 0.717) is 24.9 Å². The minimum absolute atomic E-state index is 0.0660. The predicted molar refractivity (Wildman–Crippen MR) is 120 cm³/mol. The Balaban J connectivity index is 1.36. The van der Waals surface area contributed by atoms with E-state index in [2.05, 4.69) is 15.7 Å². The van der Waals surface area contributed by atoms with Crippen LogP contribution in [-0.4, -0.2) is 26.4 Å². The molecule has 2 aromatic carbocycles. The number of amides is 2. The lowest BCUT2D eigenvalue weighted by Crippen LogP contribution is -2.20. The monoisotopic (exact) mass is 431 g/mol. The average Bonchev–Trinajstić information content (AvgIpc) is 3.13. The SMILES string of the molecule is Cc1nc2c3ccccc3nn2c(C)c1CCC(=O)Nc1cc2c(cc1F)CCC(=O)N2. The number of nitrogens with one attached hydrogen (secondary N) is 2. The molecular formula is C24H22FN5O2. The fraction of sp³-hybridized carbons (Fsp3) is 0.250. The van der Waals surface area contributed by atoms with Crippen LogP contribution >= 0.6 is 0 Å². The zero-order valence-corrected chi connectivity index (χ0v) is 17.8. The Labute approximate surface area is 183 Å². The van der Waals surface area contributed by atoms with Crippen molar-refractivity contribution in [2.24, 2.45) is 0 Å². The molecule has 0 fully saturated rings. The molecule has 8 heteroatoms. The maximum absolute atomic E-state index is 14.5. The quantitative estimate of drug-likeness (QED) is 0.509. The molecule has 1 aliphatic heterocycles. The summed E-state index contributed by atoms with van der Waals surface area (Å²) in [5, 5.41) is 11.0. The summed E-state index contributed by atoms with van der Waals surface area (Å²) in [7, 11) is 0. The fourth-order valence-electron chi connectivity index (χ4n) is 4.28.